The van der Waals surface area contributed by atoms with Gasteiger partial charge in [-0.2, -0.15) is 10.1 Å². The van der Waals surface area contributed by atoms with Gasteiger partial charge in [0.05, 0.1) is 12.4 Å². The van der Waals surface area contributed by atoms with Gasteiger partial charge in [0, 0.05) is 17.8 Å². The van der Waals surface area contributed by atoms with E-state index in [2.05, 4.69) is 15.1 Å². The van der Waals surface area contributed by atoms with Crippen LogP contribution in [0.4, 0.5) is 5.95 Å². The second-order valence-electron chi connectivity index (χ2n) is 4.06. The Kier molecular flexibility index (Phi) is 2.95. The van der Waals surface area contributed by atoms with Crippen LogP contribution in [0.25, 0.3) is 0 Å². The Hall–Kier alpha value is -2.11. The second-order valence-corrected chi connectivity index (χ2v) is 4.06. The van der Waals surface area contributed by atoms with Crippen molar-refractivity contribution in [2.24, 2.45) is 0 Å². The standard InChI is InChI=1S/C11H15N5O/c1-7(2)16-6-9(5-13-16)17-10-4-8(3)14-11(12)15-10/h4-7H,1-3H3,(H2,12,14,15). The maximum Gasteiger partial charge on any atom is 0.224 e. The fourth-order valence-corrected chi connectivity index (χ4v) is 1.39. The van der Waals surface area contributed by atoms with Gasteiger partial charge < -0.3 is 10.5 Å². The van der Waals surface area contributed by atoms with Gasteiger partial charge in [0.2, 0.25) is 11.8 Å². The molecule has 6 heteroatoms. The van der Waals surface area contributed by atoms with Crippen molar-refractivity contribution >= 4 is 5.95 Å². The number of hydrogen-bond donors (Lipinski definition) is 1. The third-order valence-corrected chi connectivity index (χ3v) is 2.18. The van der Waals surface area contributed by atoms with Crippen LogP contribution in [0.5, 0.6) is 11.6 Å². The smallest absolute Gasteiger partial charge is 0.224 e. The molecule has 90 valence electrons. The first-order valence-electron chi connectivity index (χ1n) is 5.38. The second kappa shape index (κ2) is 4.40. The number of nitrogens with two attached hydrogens (primary N) is 1. The van der Waals surface area contributed by atoms with Crippen LogP contribution < -0.4 is 10.5 Å². The summed E-state index contributed by atoms with van der Waals surface area (Å²) in [5, 5.41) is 4.17. The van der Waals surface area contributed by atoms with E-state index in [1.54, 1.807) is 12.3 Å². The fraction of sp³-hybridized carbons (Fsp3) is 0.364. The largest absolute Gasteiger partial charge is 0.436 e. The maximum atomic E-state index is 5.56. The van der Waals surface area contributed by atoms with E-state index < -0.39 is 0 Å². The average molecular weight is 233 g/mol. The molecule has 17 heavy (non-hydrogen) atoms. The Morgan fingerprint density at radius 1 is 1.35 bits per heavy atom. The van der Waals surface area contributed by atoms with E-state index in [-0.39, 0.29) is 5.95 Å². The molecule has 0 aliphatic carbocycles. The minimum atomic E-state index is 0.205. The molecule has 0 aliphatic heterocycles. The summed E-state index contributed by atoms with van der Waals surface area (Å²) >= 11 is 0. The molecular formula is C11H15N5O. The summed E-state index contributed by atoms with van der Waals surface area (Å²) in [4.78, 5) is 7.97. The van der Waals surface area contributed by atoms with Crippen molar-refractivity contribution in [2.45, 2.75) is 26.8 Å². The highest BCUT2D eigenvalue weighted by Crippen LogP contribution is 2.20. The quantitative estimate of drug-likeness (QED) is 0.876. The summed E-state index contributed by atoms with van der Waals surface area (Å²) in [5.74, 6) is 1.27. The molecule has 0 fully saturated rings. The van der Waals surface area contributed by atoms with Gasteiger partial charge in [0.1, 0.15) is 0 Å². The zero-order valence-electron chi connectivity index (χ0n) is 10.1. The van der Waals surface area contributed by atoms with Crippen molar-refractivity contribution in [3.05, 3.63) is 24.2 Å². The summed E-state index contributed by atoms with van der Waals surface area (Å²) in [7, 11) is 0. The predicted molar refractivity (Wildman–Crippen MR) is 63.9 cm³/mol. The van der Waals surface area contributed by atoms with Gasteiger partial charge in [0.15, 0.2) is 5.75 Å². The highest BCUT2D eigenvalue weighted by molar-refractivity contribution is 5.28. The number of hydrogen-bond acceptors (Lipinski definition) is 5. The lowest BCUT2D eigenvalue weighted by Gasteiger charge is -2.04. The van der Waals surface area contributed by atoms with Crippen LogP contribution >= 0.6 is 0 Å². The van der Waals surface area contributed by atoms with Gasteiger partial charge in [-0.15, -0.1) is 0 Å². The lowest BCUT2D eigenvalue weighted by atomic mass is 10.4. The van der Waals surface area contributed by atoms with Crippen LogP contribution in [0, 0.1) is 6.92 Å². The van der Waals surface area contributed by atoms with E-state index >= 15 is 0 Å². The van der Waals surface area contributed by atoms with Gasteiger partial charge in [0.25, 0.3) is 0 Å². The Morgan fingerprint density at radius 3 is 2.71 bits per heavy atom. The van der Waals surface area contributed by atoms with E-state index in [1.165, 1.54) is 0 Å². The van der Waals surface area contributed by atoms with Crippen molar-refractivity contribution in [3.8, 4) is 11.6 Å². The molecule has 0 aliphatic rings. The lowest BCUT2D eigenvalue weighted by molar-refractivity contribution is 0.458. The minimum absolute atomic E-state index is 0.205. The van der Waals surface area contributed by atoms with Crippen molar-refractivity contribution in [1.29, 1.82) is 0 Å². The zero-order chi connectivity index (χ0) is 12.4. The molecule has 0 unspecified atom stereocenters. The molecule has 2 N–H and O–H groups in total. The molecule has 2 aromatic rings. The van der Waals surface area contributed by atoms with Crippen molar-refractivity contribution < 1.29 is 4.74 Å². The predicted octanol–water partition coefficient (Wildman–Crippen LogP) is 1.94. The van der Waals surface area contributed by atoms with Gasteiger partial charge >= 0.3 is 0 Å². The van der Waals surface area contributed by atoms with E-state index in [0.717, 1.165) is 5.69 Å². The number of aromatic nitrogens is 4. The first kappa shape index (κ1) is 11.4. The monoisotopic (exact) mass is 233 g/mol. The molecule has 0 radical (unpaired) electrons. The first-order chi connectivity index (χ1) is 8.04. The van der Waals surface area contributed by atoms with E-state index in [4.69, 9.17) is 10.5 Å². The summed E-state index contributed by atoms with van der Waals surface area (Å²) in [6.07, 6.45) is 3.46. The molecule has 0 atom stereocenters. The zero-order valence-corrected chi connectivity index (χ0v) is 10.1. The highest BCUT2D eigenvalue weighted by atomic mass is 16.5. The van der Waals surface area contributed by atoms with Crippen LogP contribution in [-0.2, 0) is 0 Å². The molecule has 2 heterocycles. The normalized spacial score (nSPS) is 10.8. The molecule has 0 amide bonds. The average Bonchev–Trinajstić information content (AvgIpc) is 2.64. The Labute approximate surface area is 99.4 Å². The van der Waals surface area contributed by atoms with Crippen molar-refractivity contribution in [2.75, 3.05) is 5.73 Å². The Balaban J connectivity index is 2.19. The lowest BCUT2D eigenvalue weighted by Crippen LogP contribution is -2.00. The fourth-order valence-electron chi connectivity index (χ4n) is 1.39. The van der Waals surface area contributed by atoms with Crippen LogP contribution in [0.1, 0.15) is 25.6 Å². The molecule has 2 aromatic heterocycles. The van der Waals surface area contributed by atoms with Gasteiger partial charge in [-0.1, -0.05) is 0 Å². The SMILES string of the molecule is Cc1cc(Oc2cnn(C(C)C)c2)nc(N)n1. The summed E-state index contributed by atoms with van der Waals surface area (Å²) in [5.41, 5.74) is 6.31. The van der Waals surface area contributed by atoms with Crippen LogP contribution in [0.2, 0.25) is 0 Å². The number of anilines is 1. The molecule has 0 spiro atoms. The number of ether oxygens (including phenoxy) is 1. The highest BCUT2D eigenvalue weighted by Gasteiger charge is 2.06. The maximum absolute atomic E-state index is 5.56. The first-order valence-corrected chi connectivity index (χ1v) is 5.38. The van der Waals surface area contributed by atoms with Crippen LogP contribution in [0.3, 0.4) is 0 Å². The van der Waals surface area contributed by atoms with E-state index in [0.29, 0.717) is 17.7 Å². The van der Waals surface area contributed by atoms with Crippen LogP contribution in [-0.4, -0.2) is 19.7 Å². The number of nitrogen functional groups attached to an aromatic ring is 1. The minimum Gasteiger partial charge on any atom is -0.436 e. The Morgan fingerprint density at radius 2 is 2.12 bits per heavy atom. The number of rotatable bonds is 3. The number of nitrogens with zero attached hydrogens (tertiary/aromatic N) is 4. The summed E-state index contributed by atoms with van der Waals surface area (Å²) in [6.45, 7) is 5.93. The van der Waals surface area contributed by atoms with Gasteiger partial charge in [-0.3, -0.25) is 4.68 Å². The Bertz CT molecular complexity index is 500. The summed E-state index contributed by atoms with van der Waals surface area (Å²) in [6, 6.07) is 2.02. The van der Waals surface area contributed by atoms with Gasteiger partial charge in [-0.05, 0) is 20.8 Å². The van der Waals surface area contributed by atoms with Gasteiger partial charge in [-0.25, -0.2) is 4.98 Å². The van der Waals surface area contributed by atoms with Crippen molar-refractivity contribution in [3.63, 3.8) is 0 Å². The van der Waals surface area contributed by atoms with E-state index in [9.17, 15) is 0 Å². The third kappa shape index (κ3) is 2.72. The van der Waals surface area contributed by atoms with Crippen LogP contribution in [0.15, 0.2) is 18.5 Å². The summed E-state index contributed by atoms with van der Waals surface area (Å²) < 4.78 is 7.37. The molecule has 2 rings (SSSR count). The molecule has 0 saturated heterocycles. The molecule has 0 aromatic carbocycles. The van der Waals surface area contributed by atoms with Crippen molar-refractivity contribution in [1.82, 2.24) is 19.7 Å². The third-order valence-electron chi connectivity index (χ3n) is 2.18. The molecule has 6 nitrogen and oxygen atoms in total. The molecule has 0 saturated carbocycles. The molecular weight excluding hydrogens is 218 g/mol. The molecule has 0 bridgehead atoms. The number of aryl methyl sites for hydroxylation is 1. The topological polar surface area (TPSA) is 78.8 Å². The van der Waals surface area contributed by atoms with E-state index in [1.807, 2.05) is 31.6 Å².